The average molecular weight is 553 g/mol. The van der Waals surface area contributed by atoms with E-state index < -0.39 is 16.6 Å². The van der Waals surface area contributed by atoms with Crippen molar-refractivity contribution >= 4 is 56.5 Å². The number of rotatable bonds is 5. The summed E-state index contributed by atoms with van der Waals surface area (Å²) in [5, 5.41) is 12.1. The lowest BCUT2D eigenvalue weighted by molar-refractivity contribution is -0.136. The second kappa shape index (κ2) is 10.2. The number of amidine groups is 1. The summed E-state index contributed by atoms with van der Waals surface area (Å²) in [6.45, 7) is 6.30. The zero-order chi connectivity index (χ0) is 25.3. The van der Waals surface area contributed by atoms with Gasteiger partial charge < -0.3 is 10.4 Å². The fraction of sp³-hybridized carbons (Fsp3) is 0.148. The van der Waals surface area contributed by atoms with Crippen LogP contribution >= 0.6 is 27.7 Å². The highest BCUT2D eigenvalue weighted by Gasteiger charge is 2.24. The Balaban J connectivity index is 1.53. The number of hydrogen-bond donors (Lipinski definition) is 2. The summed E-state index contributed by atoms with van der Waals surface area (Å²) in [5.74, 6) is -2.17. The molecule has 0 radical (unpaired) electrons. The molecule has 1 aliphatic heterocycles. The molecule has 1 atom stereocenters. The molecule has 8 heteroatoms. The molecule has 2 N–H and O–H groups in total. The topological polar surface area (TPSA) is 78.8 Å². The summed E-state index contributed by atoms with van der Waals surface area (Å²) in [6.07, 6.45) is 1.78. The van der Waals surface area contributed by atoms with Crippen LogP contribution in [0.25, 0.3) is 17.2 Å². The quantitative estimate of drug-likeness (QED) is 0.268. The summed E-state index contributed by atoms with van der Waals surface area (Å²) in [7, 11) is 0. The van der Waals surface area contributed by atoms with Gasteiger partial charge in [-0.15, -0.1) is 0 Å². The van der Waals surface area contributed by atoms with Crippen molar-refractivity contribution in [3.8, 4) is 11.1 Å². The highest BCUT2D eigenvalue weighted by atomic mass is 79.9. The van der Waals surface area contributed by atoms with E-state index in [2.05, 4.69) is 59.1 Å². The first-order valence-corrected chi connectivity index (χ1v) is 12.5. The zero-order valence-corrected chi connectivity index (χ0v) is 21.6. The third-order valence-electron chi connectivity index (χ3n) is 5.53. The second-order valence-electron chi connectivity index (χ2n) is 8.28. The van der Waals surface area contributed by atoms with Gasteiger partial charge in [-0.25, -0.2) is 9.38 Å². The summed E-state index contributed by atoms with van der Waals surface area (Å²) < 4.78 is 14.3. The van der Waals surface area contributed by atoms with Gasteiger partial charge in [0.2, 0.25) is 0 Å². The fourth-order valence-corrected chi connectivity index (χ4v) is 5.27. The van der Waals surface area contributed by atoms with E-state index in [0.29, 0.717) is 10.1 Å². The lowest BCUT2D eigenvalue weighted by atomic mass is 9.93. The first-order valence-electron chi connectivity index (χ1n) is 10.8. The Kier molecular flexibility index (Phi) is 7.23. The van der Waals surface area contributed by atoms with Gasteiger partial charge in [-0.05, 0) is 78.6 Å². The Morgan fingerprint density at radius 3 is 2.34 bits per heavy atom. The molecule has 1 unspecified atom stereocenters. The maximum absolute atomic E-state index is 14.3. The van der Waals surface area contributed by atoms with E-state index in [4.69, 9.17) is 5.11 Å². The van der Waals surface area contributed by atoms with Crippen molar-refractivity contribution < 1.29 is 19.1 Å². The number of carboxylic acids is 1. The number of amides is 1. The van der Waals surface area contributed by atoms with Gasteiger partial charge >= 0.3 is 5.97 Å². The average Bonchev–Trinajstić information content (AvgIpc) is 3.12. The van der Waals surface area contributed by atoms with E-state index >= 15 is 0 Å². The first kappa shape index (κ1) is 24.9. The fourth-order valence-electron chi connectivity index (χ4n) is 4.05. The molecular weight excluding hydrogens is 531 g/mol. The number of carbonyl (C=O) groups excluding carboxylic acids is 1. The first-order chi connectivity index (χ1) is 16.6. The van der Waals surface area contributed by atoms with Crippen molar-refractivity contribution in [1.29, 1.82) is 0 Å². The number of alkyl halides is 1. The summed E-state index contributed by atoms with van der Waals surface area (Å²) >= 11 is 4.11. The van der Waals surface area contributed by atoms with Crippen molar-refractivity contribution in [1.82, 2.24) is 5.32 Å². The van der Waals surface area contributed by atoms with Gasteiger partial charge in [0.1, 0.15) is 10.6 Å². The van der Waals surface area contributed by atoms with Crippen LogP contribution in [0.4, 0.5) is 10.1 Å². The van der Waals surface area contributed by atoms with Crippen molar-refractivity contribution in [2.75, 3.05) is 0 Å². The Bertz CT molecular complexity index is 1380. The third-order valence-corrected chi connectivity index (χ3v) is 7.32. The number of nitrogens with one attached hydrogen (secondary N) is 1. The van der Waals surface area contributed by atoms with Crippen LogP contribution in [0, 0.1) is 26.6 Å². The Labute approximate surface area is 215 Å². The number of benzene rings is 3. The van der Waals surface area contributed by atoms with Gasteiger partial charge in [-0.3, -0.25) is 9.59 Å². The van der Waals surface area contributed by atoms with E-state index in [1.165, 1.54) is 34.4 Å². The summed E-state index contributed by atoms with van der Waals surface area (Å²) in [4.78, 5) is 27.1. The molecule has 178 valence electrons. The second-order valence-corrected chi connectivity index (χ2v) is 10.2. The number of aryl methyl sites for hydroxylation is 3. The van der Waals surface area contributed by atoms with E-state index in [9.17, 15) is 14.0 Å². The van der Waals surface area contributed by atoms with Crippen LogP contribution in [0.2, 0.25) is 0 Å². The van der Waals surface area contributed by atoms with Crippen molar-refractivity contribution in [2.45, 2.75) is 25.6 Å². The van der Waals surface area contributed by atoms with Gasteiger partial charge in [0.25, 0.3) is 5.91 Å². The van der Waals surface area contributed by atoms with Crippen LogP contribution in [0.3, 0.4) is 0 Å². The van der Waals surface area contributed by atoms with E-state index in [-0.39, 0.29) is 17.2 Å². The van der Waals surface area contributed by atoms with Crippen LogP contribution in [0.5, 0.6) is 0 Å². The molecule has 0 aliphatic carbocycles. The monoisotopic (exact) mass is 552 g/mol. The van der Waals surface area contributed by atoms with E-state index in [1.54, 1.807) is 6.08 Å². The van der Waals surface area contributed by atoms with Gasteiger partial charge in [-0.1, -0.05) is 64.0 Å². The smallest absolute Gasteiger partial charge is 0.321 e. The van der Waals surface area contributed by atoms with Crippen molar-refractivity contribution in [3.05, 3.63) is 93.1 Å². The number of halogens is 2. The molecule has 1 heterocycles. The van der Waals surface area contributed by atoms with Crippen LogP contribution in [0.1, 0.15) is 32.6 Å². The Morgan fingerprint density at radius 2 is 1.74 bits per heavy atom. The number of hydrogen-bond acceptors (Lipinski definition) is 4. The molecule has 0 saturated carbocycles. The lowest BCUT2D eigenvalue weighted by Crippen LogP contribution is -2.19. The number of aliphatic carboxylic acids is 1. The van der Waals surface area contributed by atoms with Crippen LogP contribution < -0.4 is 5.32 Å². The van der Waals surface area contributed by atoms with Crippen molar-refractivity contribution in [2.24, 2.45) is 4.99 Å². The maximum Gasteiger partial charge on any atom is 0.321 e. The SMILES string of the molecule is Cc1cc(C)c(-c2ccc(C=C3SC(=Nc4ccc(C(Br)C(=O)O)c(F)c4)NC3=O)cc2)c(C)c1. The van der Waals surface area contributed by atoms with E-state index in [1.807, 2.05) is 24.3 Å². The standard InChI is InChI=1S/C27H22BrFN2O3S/c1-14-10-15(2)23(16(3)11-14)18-6-4-17(5-7-18)12-22-25(32)31-27(35-22)30-19-8-9-20(21(29)13-19)24(28)26(33)34/h4-13,24H,1-3H3,(H,33,34)(H,30,31,32). The third kappa shape index (κ3) is 5.55. The largest absolute Gasteiger partial charge is 0.480 e. The summed E-state index contributed by atoms with van der Waals surface area (Å²) in [5.41, 5.74) is 7.16. The molecule has 1 amide bonds. The molecule has 35 heavy (non-hydrogen) atoms. The Hall–Kier alpha value is -3.23. The number of thioether (sulfide) groups is 1. The van der Waals surface area contributed by atoms with Crippen LogP contribution in [-0.2, 0) is 9.59 Å². The van der Waals surface area contributed by atoms with Gasteiger partial charge in [0.05, 0.1) is 10.6 Å². The van der Waals surface area contributed by atoms with Gasteiger partial charge in [-0.2, -0.15) is 0 Å². The number of carbonyl (C=O) groups is 2. The molecule has 3 aromatic rings. The minimum Gasteiger partial charge on any atom is -0.480 e. The van der Waals surface area contributed by atoms with Crippen LogP contribution in [0.15, 0.2) is 64.5 Å². The molecule has 4 rings (SSSR count). The lowest BCUT2D eigenvalue weighted by Gasteiger charge is -2.12. The highest BCUT2D eigenvalue weighted by molar-refractivity contribution is 9.09. The molecule has 0 bridgehead atoms. The normalized spacial score (nSPS) is 16.5. The minimum atomic E-state index is -1.19. The molecular formula is C27H22BrFN2O3S. The number of carboxylic acid groups (broad SMARTS) is 1. The molecule has 0 aromatic heterocycles. The Morgan fingerprint density at radius 1 is 1.09 bits per heavy atom. The zero-order valence-electron chi connectivity index (χ0n) is 19.2. The van der Waals surface area contributed by atoms with E-state index in [0.717, 1.165) is 29.0 Å². The molecule has 5 nitrogen and oxygen atoms in total. The predicted molar refractivity (Wildman–Crippen MR) is 143 cm³/mol. The maximum atomic E-state index is 14.3. The summed E-state index contributed by atoms with van der Waals surface area (Å²) in [6, 6.07) is 16.4. The predicted octanol–water partition coefficient (Wildman–Crippen LogP) is 6.83. The molecule has 1 fully saturated rings. The molecule has 1 aliphatic rings. The van der Waals surface area contributed by atoms with Crippen LogP contribution in [-0.4, -0.2) is 22.2 Å². The molecule has 1 saturated heterocycles. The van der Waals surface area contributed by atoms with Gasteiger partial charge in [0, 0.05) is 5.56 Å². The highest BCUT2D eigenvalue weighted by Crippen LogP contribution is 2.32. The molecule has 3 aromatic carbocycles. The van der Waals surface area contributed by atoms with Crippen molar-refractivity contribution in [3.63, 3.8) is 0 Å². The minimum absolute atomic E-state index is 0.00428. The molecule has 0 spiro atoms. The van der Waals surface area contributed by atoms with Gasteiger partial charge in [0.15, 0.2) is 5.17 Å². The number of nitrogens with zero attached hydrogens (tertiary/aromatic N) is 1. The number of aliphatic imine (C=N–C) groups is 1.